The number of aliphatic hydroxyl groups excluding tert-OH is 2. The quantitative estimate of drug-likeness (QED) is 0.391. The van der Waals surface area contributed by atoms with Crippen LogP contribution < -0.4 is 0 Å². The monoisotopic (exact) mass is 536 g/mol. The summed E-state index contributed by atoms with van der Waals surface area (Å²) in [7, 11) is 0. The molecule has 0 aromatic heterocycles. The fourth-order valence-corrected chi connectivity index (χ4v) is 8.55. The predicted octanol–water partition coefficient (Wildman–Crippen LogP) is 3.06. The lowest BCUT2D eigenvalue weighted by atomic mass is 9.44. The molecule has 0 spiro atoms. The fourth-order valence-electron chi connectivity index (χ4n) is 7.98. The lowest BCUT2D eigenvalue weighted by Crippen LogP contribution is -2.75. The maximum Gasteiger partial charge on any atom is 0.306 e. The average Bonchev–Trinajstić information content (AvgIpc) is 3.10. The highest BCUT2D eigenvalue weighted by atomic mass is 35.5. The van der Waals surface area contributed by atoms with Gasteiger partial charge in [0.25, 0.3) is 0 Å². The number of fused-ring (bicyclic) bond motifs is 5. The normalized spacial score (nSPS) is 44.3. The first-order valence-electron chi connectivity index (χ1n) is 13.2. The summed E-state index contributed by atoms with van der Waals surface area (Å²) < 4.78 is 11.1. The van der Waals surface area contributed by atoms with Gasteiger partial charge in [-0.1, -0.05) is 46.3 Å². The van der Waals surface area contributed by atoms with Crippen LogP contribution in [0.15, 0.2) is 23.8 Å². The summed E-state index contributed by atoms with van der Waals surface area (Å²) in [4.78, 5) is 49.3. The molecule has 8 nitrogen and oxygen atoms in total. The van der Waals surface area contributed by atoms with Crippen molar-refractivity contribution in [1.82, 2.24) is 0 Å². The van der Waals surface area contributed by atoms with Crippen LogP contribution in [0.4, 0.5) is 0 Å². The maximum absolute atomic E-state index is 13.9. The van der Waals surface area contributed by atoms with Crippen LogP contribution in [0.2, 0.25) is 0 Å². The third-order valence-electron chi connectivity index (χ3n) is 9.96. The number of allylic oxidation sites excluding steroid dienone is 4. The van der Waals surface area contributed by atoms with Gasteiger partial charge >= 0.3 is 11.9 Å². The molecule has 3 saturated carbocycles. The smallest absolute Gasteiger partial charge is 0.306 e. The van der Waals surface area contributed by atoms with Gasteiger partial charge in [-0.2, -0.15) is 0 Å². The van der Waals surface area contributed by atoms with Gasteiger partial charge in [0.2, 0.25) is 5.78 Å². The van der Waals surface area contributed by atoms with Gasteiger partial charge in [-0.05, 0) is 43.3 Å². The van der Waals surface area contributed by atoms with Crippen LogP contribution in [0.1, 0.15) is 66.7 Å². The molecule has 0 bridgehead atoms. The number of carbonyl (C=O) groups is 4. The Morgan fingerprint density at radius 2 is 1.73 bits per heavy atom. The third kappa shape index (κ3) is 3.54. The second-order valence-electron chi connectivity index (χ2n) is 11.4. The van der Waals surface area contributed by atoms with E-state index in [0.29, 0.717) is 19.3 Å². The second kappa shape index (κ2) is 9.31. The number of Topliss-reactive ketones (excluding diaryl/α,β-unsaturated/α-hetero) is 1. The minimum atomic E-state index is -1.83. The second-order valence-corrected chi connectivity index (χ2v) is 12.1. The topological polar surface area (TPSA) is 127 Å². The van der Waals surface area contributed by atoms with Crippen molar-refractivity contribution >= 4 is 35.1 Å². The number of aliphatic hydroxyl groups is 2. The predicted molar refractivity (Wildman–Crippen MR) is 134 cm³/mol. The van der Waals surface area contributed by atoms with Gasteiger partial charge in [0.15, 0.2) is 18.0 Å². The summed E-state index contributed by atoms with van der Waals surface area (Å²) in [5.41, 5.74) is -3.32. The van der Waals surface area contributed by atoms with E-state index in [1.165, 1.54) is 6.08 Å². The molecule has 3 fully saturated rings. The zero-order valence-electron chi connectivity index (χ0n) is 22.1. The fraction of sp³-hybridized carbons (Fsp3) is 0.714. The minimum Gasteiger partial charge on any atom is -0.457 e. The number of esters is 2. The minimum absolute atomic E-state index is 0.00378. The van der Waals surface area contributed by atoms with Gasteiger partial charge in [-0.25, -0.2) is 0 Å². The molecule has 0 heterocycles. The van der Waals surface area contributed by atoms with E-state index < -0.39 is 69.7 Å². The maximum atomic E-state index is 13.9. The molecule has 9 atom stereocenters. The highest BCUT2D eigenvalue weighted by molar-refractivity contribution is 6.26. The molecule has 0 aromatic carbocycles. The lowest BCUT2D eigenvalue weighted by molar-refractivity contribution is -0.236. The van der Waals surface area contributed by atoms with Crippen LogP contribution in [-0.4, -0.2) is 63.0 Å². The van der Waals surface area contributed by atoms with Crippen LogP contribution >= 0.6 is 11.6 Å². The number of alkyl halides is 1. The highest BCUT2D eigenvalue weighted by Crippen LogP contribution is 2.72. The molecule has 0 aromatic rings. The molecule has 4 rings (SSSR count). The molecular weight excluding hydrogens is 500 g/mol. The number of hydrogen-bond acceptors (Lipinski definition) is 8. The van der Waals surface area contributed by atoms with Crippen molar-refractivity contribution in [2.24, 2.45) is 28.6 Å². The molecule has 0 amide bonds. The van der Waals surface area contributed by atoms with Crippen molar-refractivity contribution in [1.29, 1.82) is 0 Å². The van der Waals surface area contributed by atoms with Gasteiger partial charge in [-0.15, -0.1) is 11.6 Å². The first-order valence-corrected chi connectivity index (χ1v) is 13.5. The summed E-state index contributed by atoms with van der Waals surface area (Å²) in [5.74, 6) is -3.27. The van der Waals surface area contributed by atoms with Crippen LogP contribution in [-0.2, 0) is 28.7 Å². The Morgan fingerprint density at radius 1 is 1.08 bits per heavy atom. The Hall–Kier alpha value is -2.03. The molecule has 1 unspecified atom stereocenters. The van der Waals surface area contributed by atoms with Crippen molar-refractivity contribution < 1.29 is 38.9 Å². The van der Waals surface area contributed by atoms with Gasteiger partial charge in [0, 0.05) is 29.6 Å². The molecule has 37 heavy (non-hydrogen) atoms. The number of hydrogen-bond donors (Lipinski definition) is 2. The molecule has 4 aliphatic rings. The Balaban J connectivity index is 1.86. The van der Waals surface area contributed by atoms with Crippen LogP contribution in [0, 0.1) is 28.6 Å². The van der Waals surface area contributed by atoms with E-state index >= 15 is 0 Å². The summed E-state index contributed by atoms with van der Waals surface area (Å²) in [6.45, 7) is 7.95. The zero-order chi connectivity index (χ0) is 27.6. The van der Waals surface area contributed by atoms with Gasteiger partial charge in [0.05, 0.1) is 11.0 Å². The number of carbonyl (C=O) groups excluding carboxylic acids is 4. The zero-order valence-corrected chi connectivity index (χ0v) is 22.8. The van der Waals surface area contributed by atoms with E-state index in [4.69, 9.17) is 21.1 Å². The summed E-state index contributed by atoms with van der Waals surface area (Å²) >= 11 is 7.41. The molecular formula is C28H37ClO8. The largest absolute Gasteiger partial charge is 0.457 e. The highest BCUT2D eigenvalue weighted by Gasteiger charge is 2.79. The Bertz CT molecular complexity index is 1080. The van der Waals surface area contributed by atoms with Crippen LogP contribution in [0.5, 0.6) is 0 Å². The molecule has 9 heteroatoms. The van der Waals surface area contributed by atoms with E-state index in [-0.39, 0.29) is 24.5 Å². The van der Waals surface area contributed by atoms with Crippen LogP contribution in [0.25, 0.3) is 0 Å². The van der Waals surface area contributed by atoms with Gasteiger partial charge in [-0.3, -0.25) is 19.2 Å². The van der Waals surface area contributed by atoms with E-state index in [2.05, 4.69) is 0 Å². The SMILES string of the molecule is CCC(=O)OCC(=O)[C@@]1(OC(=O)CC)[C@@H](C)C[C@H]2C3CCC4=CC(=O)C=C[C@]4(C)[C@@]3(Cl)[C@@H](O)[C@@H](O)[C@@]21C. The number of ketones is 2. The Kier molecular flexibility index (Phi) is 7.04. The van der Waals surface area contributed by atoms with E-state index in [1.807, 2.05) is 6.92 Å². The third-order valence-corrected chi connectivity index (χ3v) is 10.9. The standard InChI is InChI=1S/C28H37ClO8/c1-6-21(32)36-14-20(31)28(37-22(33)7-2)15(3)12-19-18-9-8-16-13-17(30)10-11-25(16,4)27(18,29)24(35)23(34)26(19,28)5/h10-11,13,15,18-19,23-24,34-35H,6-9,12,14H2,1-5H3/t15-,18?,19-,23+,24-,25-,26+,27-,28-/m0/s1. The Morgan fingerprint density at radius 3 is 2.35 bits per heavy atom. The van der Waals surface area contributed by atoms with Crippen molar-refractivity contribution in [3.05, 3.63) is 23.8 Å². The number of rotatable bonds is 6. The van der Waals surface area contributed by atoms with Crippen molar-refractivity contribution in [2.75, 3.05) is 6.61 Å². The van der Waals surface area contributed by atoms with Crippen molar-refractivity contribution in [3.8, 4) is 0 Å². The molecule has 4 aliphatic carbocycles. The molecule has 2 N–H and O–H groups in total. The summed E-state index contributed by atoms with van der Waals surface area (Å²) in [6, 6.07) is 0. The Labute approximate surface area is 222 Å². The summed E-state index contributed by atoms with van der Waals surface area (Å²) in [5, 5.41) is 23.7. The first kappa shape index (κ1) is 28.0. The van der Waals surface area contributed by atoms with Crippen LogP contribution in [0.3, 0.4) is 0 Å². The van der Waals surface area contributed by atoms with E-state index in [0.717, 1.165) is 5.57 Å². The van der Waals surface area contributed by atoms with Gasteiger partial charge in [0.1, 0.15) is 6.10 Å². The van der Waals surface area contributed by atoms with Gasteiger partial charge < -0.3 is 19.7 Å². The van der Waals surface area contributed by atoms with Crippen molar-refractivity contribution in [3.63, 3.8) is 0 Å². The van der Waals surface area contributed by atoms with Crippen molar-refractivity contribution in [2.45, 2.75) is 89.4 Å². The molecule has 204 valence electrons. The average molecular weight is 537 g/mol. The van der Waals surface area contributed by atoms with E-state index in [1.54, 1.807) is 39.8 Å². The first-order chi connectivity index (χ1) is 17.2. The lowest BCUT2D eigenvalue weighted by Gasteiger charge is -2.65. The van der Waals surface area contributed by atoms with E-state index in [9.17, 15) is 29.4 Å². The number of halogens is 1. The molecule has 0 aliphatic heterocycles. The number of ether oxygens (including phenoxy) is 2. The molecule has 0 radical (unpaired) electrons. The summed E-state index contributed by atoms with van der Waals surface area (Å²) in [6.07, 6.45) is 3.25. The molecule has 0 saturated heterocycles.